The van der Waals surface area contributed by atoms with Crippen LogP contribution in [0, 0.1) is 10.1 Å². The van der Waals surface area contributed by atoms with Crippen molar-refractivity contribution in [1.29, 1.82) is 0 Å². The number of hydrogen-bond acceptors (Lipinski definition) is 6. The van der Waals surface area contributed by atoms with E-state index in [1.54, 1.807) is 31.2 Å². The monoisotopic (exact) mass is 412 g/mol. The van der Waals surface area contributed by atoms with Crippen LogP contribution >= 0.6 is 11.6 Å². The molecule has 0 saturated heterocycles. The molecule has 0 heterocycles. The second-order valence-corrected chi connectivity index (χ2v) is 7.58. The van der Waals surface area contributed by atoms with E-state index >= 15 is 0 Å². The number of hydrogen-bond donors (Lipinski definition) is 1. The molecule has 10 heteroatoms. The zero-order chi connectivity index (χ0) is 20.0. The molecule has 0 bridgehead atoms. The number of non-ortho nitro benzene ring substituents is 1. The Morgan fingerprint density at radius 3 is 2.41 bits per heavy atom. The quantitative estimate of drug-likeness (QED) is 0.404. The summed E-state index contributed by atoms with van der Waals surface area (Å²) < 4.78 is 32.7. The third kappa shape index (κ3) is 5.49. The van der Waals surface area contributed by atoms with Gasteiger partial charge in [-0.3, -0.25) is 14.9 Å². The molecule has 27 heavy (non-hydrogen) atoms. The standard InChI is InChI=1S/C17H17ClN2O6S/c1-2-26-17(21)11-16(14-5-3-4-6-15(14)18)19-27(24,25)13-9-7-12(8-10-13)20(22)23/h3-10,16,19H,2,11H2,1H3/t16-/m0/s1. The number of sulfonamides is 1. The number of esters is 1. The van der Waals surface area contributed by atoms with Crippen LogP contribution in [0.5, 0.6) is 0 Å². The highest BCUT2D eigenvalue weighted by molar-refractivity contribution is 7.89. The Bertz CT molecular complexity index is 931. The van der Waals surface area contributed by atoms with Crippen molar-refractivity contribution in [2.45, 2.75) is 24.3 Å². The number of nitro benzene ring substituents is 1. The van der Waals surface area contributed by atoms with E-state index in [4.69, 9.17) is 16.3 Å². The maximum Gasteiger partial charge on any atom is 0.307 e. The average molecular weight is 413 g/mol. The predicted octanol–water partition coefficient (Wildman–Crippen LogP) is 3.22. The van der Waals surface area contributed by atoms with Crippen LogP contribution in [0.25, 0.3) is 0 Å². The molecule has 0 saturated carbocycles. The van der Waals surface area contributed by atoms with Gasteiger partial charge in [0.05, 0.1) is 28.9 Å². The largest absolute Gasteiger partial charge is 0.466 e. The van der Waals surface area contributed by atoms with Crippen molar-refractivity contribution in [2.24, 2.45) is 0 Å². The first-order valence-corrected chi connectivity index (χ1v) is 9.77. The highest BCUT2D eigenvalue weighted by Crippen LogP contribution is 2.27. The summed E-state index contributed by atoms with van der Waals surface area (Å²) in [6.45, 7) is 1.80. The van der Waals surface area contributed by atoms with Crippen LogP contribution in [0.3, 0.4) is 0 Å². The number of carbonyl (C=O) groups is 1. The van der Waals surface area contributed by atoms with Gasteiger partial charge in [0.1, 0.15) is 0 Å². The van der Waals surface area contributed by atoms with Gasteiger partial charge in [0, 0.05) is 17.2 Å². The van der Waals surface area contributed by atoms with Gasteiger partial charge < -0.3 is 4.74 Å². The summed E-state index contributed by atoms with van der Waals surface area (Å²) in [5.41, 5.74) is 0.181. The zero-order valence-corrected chi connectivity index (χ0v) is 15.9. The van der Waals surface area contributed by atoms with Gasteiger partial charge in [-0.2, -0.15) is 0 Å². The Balaban J connectivity index is 2.34. The molecule has 8 nitrogen and oxygen atoms in total. The zero-order valence-electron chi connectivity index (χ0n) is 14.3. The average Bonchev–Trinajstić information content (AvgIpc) is 2.61. The first-order chi connectivity index (χ1) is 12.7. The lowest BCUT2D eigenvalue weighted by Gasteiger charge is -2.19. The van der Waals surface area contributed by atoms with Crippen molar-refractivity contribution in [1.82, 2.24) is 4.72 Å². The Morgan fingerprint density at radius 2 is 1.85 bits per heavy atom. The van der Waals surface area contributed by atoms with Gasteiger partial charge in [0.2, 0.25) is 10.0 Å². The molecule has 2 aromatic carbocycles. The summed E-state index contributed by atoms with van der Waals surface area (Å²) in [5.74, 6) is -0.589. The first-order valence-electron chi connectivity index (χ1n) is 7.91. The third-order valence-electron chi connectivity index (χ3n) is 3.61. The van der Waals surface area contributed by atoms with Gasteiger partial charge in [0.25, 0.3) is 5.69 Å². The van der Waals surface area contributed by atoms with Crippen LogP contribution < -0.4 is 4.72 Å². The summed E-state index contributed by atoms with van der Waals surface area (Å²) in [7, 11) is -4.07. The highest BCUT2D eigenvalue weighted by Gasteiger charge is 2.26. The van der Waals surface area contributed by atoms with Crippen molar-refractivity contribution in [3.05, 3.63) is 69.2 Å². The summed E-state index contributed by atoms with van der Waals surface area (Å²) in [6.07, 6.45) is -0.260. The molecule has 0 radical (unpaired) electrons. The summed E-state index contributed by atoms with van der Waals surface area (Å²) >= 11 is 6.15. The smallest absolute Gasteiger partial charge is 0.307 e. The van der Waals surface area contributed by atoms with Crippen molar-refractivity contribution < 1.29 is 22.9 Å². The highest BCUT2D eigenvalue weighted by atomic mass is 35.5. The number of carbonyl (C=O) groups excluding carboxylic acids is 1. The molecule has 2 rings (SSSR count). The van der Waals surface area contributed by atoms with Gasteiger partial charge in [-0.05, 0) is 30.7 Å². The minimum atomic E-state index is -4.07. The van der Waals surface area contributed by atoms with Crippen LogP contribution in [0.2, 0.25) is 5.02 Å². The van der Waals surface area contributed by atoms with E-state index in [0.29, 0.717) is 5.56 Å². The van der Waals surface area contributed by atoms with Crippen molar-refractivity contribution in [3.8, 4) is 0 Å². The summed E-state index contributed by atoms with van der Waals surface area (Å²) in [5, 5.41) is 11.0. The van der Waals surface area contributed by atoms with E-state index in [9.17, 15) is 23.3 Å². The van der Waals surface area contributed by atoms with Gasteiger partial charge in [0.15, 0.2) is 0 Å². The second kappa shape index (κ2) is 8.94. The number of halogens is 1. The lowest BCUT2D eigenvalue weighted by molar-refractivity contribution is -0.384. The molecule has 0 aliphatic rings. The van der Waals surface area contributed by atoms with Crippen LogP contribution in [-0.2, 0) is 19.6 Å². The second-order valence-electron chi connectivity index (χ2n) is 5.46. The minimum Gasteiger partial charge on any atom is -0.466 e. The van der Waals surface area contributed by atoms with E-state index in [2.05, 4.69) is 4.72 Å². The number of nitro groups is 1. The van der Waals surface area contributed by atoms with Gasteiger partial charge in [-0.1, -0.05) is 29.8 Å². The molecule has 0 aliphatic heterocycles. The molecule has 0 amide bonds. The molecule has 0 spiro atoms. The molecule has 1 atom stereocenters. The third-order valence-corrected chi connectivity index (χ3v) is 5.44. The summed E-state index contributed by atoms with van der Waals surface area (Å²) in [6, 6.07) is 9.98. The van der Waals surface area contributed by atoms with Gasteiger partial charge in [-0.15, -0.1) is 0 Å². The van der Waals surface area contributed by atoms with E-state index < -0.39 is 27.0 Å². The lowest BCUT2D eigenvalue weighted by Crippen LogP contribution is -2.31. The van der Waals surface area contributed by atoms with Crippen LogP contribution in [0.1, 0.15) is 24.9 Å². The normalized spacial score (nSPS) is 12.4. The Morgan fingerprint density at radius 1 is 1.22 bits per heavy atom. The molecular formula is C17H17ClN2O6S. The van der Waals surface area contributed by atoms with Gasteiger partial charge >= 0.3 is 5.97 Å². The Hall–Kier alpha value is -2.49. The predicted molar refractivity (Wildman–Crippen MR) is 98.9 cm³/mol. The maximum absolute atomic E-state index is 12.7. The molecule has 0 unspecified atom stereocenters. The first kappa shape index (κ1) is 20.8. The lowest BCUT2D eigenvalue weighted by atomic mass is 10.1. The number of benzene rings is 2. The van der Waals surface area contributed by atoms with E-state index in [1.165, 1.54) is 0 Å². The van der Waals surface area contributed by atoms with Crippen molar-refractivity contribution >= 4 is 33.3 Å². The maximum atomic E-state index is 12.7. The minimum absolute atomic E-state index is 0.156. The molecule has 0 fully saturated rings. The van der Waals surface area contributed by atoms with Gasteiger partial charge in [-0.25, -0.2) is 13.1 Å². The van der Waals surface area contributed by atoms with E-state index in [-0.39, 0.29) is 28.6 Å². The fraction of sp³-hybridized carbons (Fsp3) is 0.235. The molecular weight excluding hydrogens is 396 g/mol. The number of nitrogens with one attached hydrogen (secondary N) is 1. The molecule has 1 N–H and O–H groups in total. The van der Waals surface area contributed by atoms with Crippen LogP contribution in [0.4, 0.5) is 5.69 Å². The molecule has 144 valence electrons. The SMILES string of the molecule is CCOC(=O)C[C@H](NS(=O)(=O)c1ccc([N+](=O)[O-])cc1)c1ccccc1Cl. The van der Waals surface area contributed by atoms with E-state index in [1.807, 2.05) is 0 Å². The summed E-state index contributed by atoms with van der Waals surface area (Å²) in [4.78, 5) is 21.8. The molecule has 0 aliphatic carbocycles. The number of ether oxygens (including phenoxy) is 1. The number of nitrogens with zero attached hydrogens (tertiary/aromatic N) is 1. The van der Waals surface area contributed by atoms with E-state index in [0.717, 1.165) is 24.3 Å². The Labute approximate surface area is 161 Å². The van der Waals surface area contributed by atoms with Crippen molar-refractivity contribution in [2.75, 3.05) is 6.61 Å². The molecule has 2 aromatic rings. The Kier molecular flexibility index (Phi) is 6.89. The van der Waals surface area contributed by atoms with Crippen LogP contribution in [-0.4, -0.2) is 25.9 Å². The van der Waals surface area contributed by atoms with Crippen molar-refractivity contribution in [3.63, 3.8) is 0 Å². The number of rotatable bonds is 8. The fourth-order valence-corrected chi connectivity index (χ4v) is 3.84. The molecule has 0 aromatic heterocycles. The topological polar surface area (TPSA) is 116 Å². The van der Waals surface area contributed by atoms with Crippen LogP contribution in [0.15, 0.2) is 53.4 Å². The fourth-order valence-electron chi connectivity index (χ4n) is 2.36.